The van der Waals surface area contributed by atoms with Gasteiger partial charge in [0, 0.05) is 40.7 Å². The molecule has 37 heavy (non-hydrogen) atoms. The van der Waals surface area contributed by atoms with Gasteiger partial charge >= 0.3 is 0 Å². The second kappa shape index (κ2) is 12.1. The molecule has 0 radical (unpaired) electrons. The molecule has 0 aliphatic rings. The van der Waals surface area contributed by atoms with Crippen LogP contribution in [0, 0.1) is 13.8 Å². The summed E-state index contributed by atoms with van der Waals surface area (Å²) in [7, 11) is 0. The number of hydrogen-bond donors (Lipinski definition) is 2. The number of aryl methyl sites for hydroxylation is 2. The normalized spacial score (nSPS) is 12.1. The Labute approximate surface area is 222 Å². The number of nitrogens with one attached hydrogen (secondary N) is 2. The van der Waals surface area contributed by atoms with Gasteiger partial charge in [0.05, 0.1) is 0 Å². The Morgan fingerprint density at radius 2 is 1.73 bits per heavy atom. The Morgan fingerprint density at radius 3 is 2.32 bits per heavy atom. The Morgan fingerprint density at radius 1 is 1.05 bits per heavy atom. The van der Waals surface area contributed by atoms with E-state index < -0.39 is 23.4 Å². The van der Waals surface area contributed by atoms with Gasteiger partial charge < -0.3 is 15.2 Å². The van der Waals surface area contributed by atoms with Crippen LogP contribution >= 0.6 is 11.6 Å². The highest BCUT2D eigenvalue weighted by molar-refractivity contribution is 6.31. The van der Waals surface area contributed by atoms with Gasteiger partial charge in [-0.05, 0) is 52.3 Å². The quantitative estimate of drug-likeness (QED) is 0.352. The number of rotatable bonds is 10. The largest absolute Gasteiger partial charge is 0.360 e. The zero-order valence-electron chi connectivity index (χ0n) is 21.8. The van der Waals surface area contributed by atoms with Crippen molar-refractivity contribution in [3.05, 3.63) is 76.5 Å². The molecule has 2 N–H and O–H groups in total. The van der Waals surface area contributed by atoms with Gasteiger partial charge in [0.15, 0.2) is 5.82 Å². The topological polar surface area (TPSA) is 105 Å². The lowest BCUT2D eigenvalue weighted by Gasteiger charge is -2.35. The van der Waals surface area contributed by atoms with E-state index in [1.54, 1.807) is 49.4 Å². The van der Waals surface area contributed by atoms with Crippen LogP contribution in [0.3, 0.4) is 0 Å². The number of carbonyl (C=O) groups excluding carboxylic acids is 3. The van der Waals surface area contributed by atoms with Crippen LogP contribution in [-0.4, -0.2) is 28.4 Å². The molecule has 196 valence electrons. The Kier molecular flexibility index (Phi) is 9.10. The van der Waals surface area contributed by atoms with E-state index in [0.717, 1.165) is 5.56 Å². The molecule has 0 aliphatic heterocycles. The first kappa shape index (κ1) is 27.9. The van der Waals surface area contributed by atoms with Crippen molar-refractivity contribution in [2.45, 2.75) is 65.5 Å². The van der Waals surface area contributed by atoms with Crippen LogP contribution in [0.1, 0.15) is 63.0 Å². The van der Waals surface area contributed by atoms with E-state index in [-0.39, 0.29) is 24.6 Å². The first-order valence-electron chi connectivity index (χ1n) is 12.2. The lowest BCUT2D eigenvalue weighted by Crippen LogP contribution is -2.50. The van der Waals surface area contributed by atoms with Crippen LogP contribution in [0.2, 0.25) is 5.02 Å². The highest BCUT2D eigenvalue weighted by Gasteiger charge is 2.36. The van der Waals surface area contributed by atoms with Crippen molar-refractivity contribution in [3.63, 3.8) is 0 Å². The molecule has 9 heteroatoms. The van der Waals surface area contributed by atoms with Crippen LogP contribution in [0.5, 0.6) is 0 Å². The van der Waals surface area contributed by atoms with Crippen LogP contribution in [0.4, 0.5) is 11.5 Å². The Hall–Kier alpha value is -3.65. The maximum Gasteiger partial charge on any atom is 0.248 e. The molecule has 1 aromatic heterocycles. The number of halogens is 1. The fourth-order valence-corrected chi connectivity index (χ4v) is 3.94. The van der Waals surface area contributed by atoms with E-state index >= 15 is 0 Å². The molecule has 0 saturated heterocycles. The van der Waals surface area contributed by atoms with E-state index in [1.165, 1.54) is 4.90 Å². The second-order valence-electron chi connectivity index (χ2n) is 9.62. The minimum Gasteiger partial charge on any atom is -0.360 e. The number of anilines is 2. The smallest absolute Gasteiger partial charge is 0.248 e. The fourth-order valence-electron chi connectivity index (χ4n) is 3.70. The molecule has 0 saturated carbocycles. The van der Waals surface area contributed by atoms with E-state index in [0.29, 0.717) is 28.5 Å². The molecule has 0 aliphatic carbocycles. The molecule has 2 aromatic carbocycles. The molecule has 0 bridgehead atoms. The summed E-state index contributed by atoms with van der Waals surface area (Å²) in [5.41, 5.74) is 1.51. The summed E-state index contributed by atoms with van der Waals surface area (Å²) >= 11 is 6.55. The van der Waals surface area contributed by atoms with Gasteiger partial charge in [0.2, 0.25) is 17.7 Å². The van der Waals surface area contributed by atoms with Crippen molar-refractivity contribution in [1.82, 2.24) is 10.5 Å². The molecule has 0 fully saturated rings. The number of hydrogen-bond acceptors (Lipinski definition) is 5. The second-order valence-corrected chi connectivity index (χ2v) is 10.0. The molecule has 3 amide bonds. The zero-order valence-corrected chi connectivity index (χ0v) is 22.6. The van der Waals surface area contributed by atoms with Gasteiger partial charge in [0.1, 0.15) is 11.8 Å². The summed E-state index contributed by atoms with van der Waals surface area (Å²) in [6.45, 7) is 9.47. The number of amides is 3. The zero-order chi connectivity index (χ0) is 27.2. The van der Waals surface area contributed by atoms with E-state index in [2.05, 4.69) is 15.8 Å². The third-order valence-electron chi connectivity index (χ3n) is 6.09. The van der Waals surface area contributed by atoms with E-state index in [9.17, 15) is 14.4 Å². The highest BCUT2D eigenvalue weighted by Crippen LogP contribution is 2.33. The molecule has 0 spiro atoms. The number of aromatic nitrogens is 1. The van der Waals surface area contributed by atoms with Crippen molar-refractivity contribution >= 4 is 40.8 Å². The van der Waals surface area contributed by atoms with Gasteiger partial charge in [-0.1, -0.05) is 59.6 Å². The predicted molar refractivity (Wildman–Crippen MR) is 144 cm³/mol. The van der Waals surface area contributed by atoms with Crippen molar-refractivity contribution < 1.29 is 18.9 Å². The SMILES string of the molecule is CCC(C)(C)NC(=O)C(c1ccccc1Cl)N(C(=O)CCC(=O)Nc1cc(C)on1)c1ccc(C)cc1. The van der Waals surface area contributed by atoms with Crippen LogP contribution in [0.25, 0.3) is 0 Å². The summed E-state index contributed by atoms with van der Waals surface area (Å²) in [6.07, 6.45) is 0.445. The maximum atomic E-state index is 13.8. The molecular formula is C28H33ClN4O4. The van der Waals surface area contributed by atoms with E-state index in [4.69, 9.17) is 16.1 Å². The van der Waals surface area contributed by atoms with Gasteiger partial charge in [0.25, 0.3) is 0 Å². The molecule has 1 unspecified atom stereocenters. The van der Waals surface area contributed by atoms with Crippen molar-refractivity contribution in [1.29, 1.82) is 0 Å². The minimum atomic E-state index is -1.05. The molecule has 3 aromatic rings. The van der Waals surface area contributed by atoms with Crippen molar-refractivity contribution in [3.8, 4) is 0 Å². The highest BCUT2D eigenvalue weighted by atomic mass is 35.5. The van der Waals surface area contributed by atoms with Crippen LogP contribution < -0.4 is 15.5 Å². The van der Waals surface area contributed by atoms with Gasteiger partial charge in [-0.25, -0.2) is 0 Å². The summed E-state index contributed by atoms with van der Waals surface area (Å²) in [5.74, 6) is -0.321. The Bertz CT molecular complexity index is 1250. The third-order valence-corrected chi connectivity index (χ3v) is 6.44. The number of benzene rings is 2. The number of carbonyl (C=O) groups is 3. The summed E-state index contributed by atoms with van der Waals surface area (Å²) in [5, 5.41) is 9.79. The molecule has 1 heterocycles. The van der Waals surface area contributed by atoms with E-state index in [1.807, 2.05) is 39.8 Å². The first-order chi connectivity index (χ1) is 17.5. The standard InChI is InChI=1S/C28H33ClN4O4/c1-6-28(4,5)31-27(36)26(21-9-7-8-10-22(21)29)33(20-13-11-18(2)12-14-20)25(35)16-15-24(34)30-23-17-19(3)37-32-23/h7-14,17,26H,6,15-16H2,1-5H3,(H,31,36)(H,30,32,34). The predicted octanol–water partition coefficient (Wildman–Crippen LogP) is 5.74. The molecule has 3 rings (SSSR count). The number of nitrogens with zero attached hydrogens (tertiary/aromatic N) is 2. The summed E-state index contributed by atoms with van der Waals surface area (Å²) in [6, 6.07) is 14.8. The average Bonchev–Trinajstić information content (AvgIpc) is 3.26. The minimum absolute atomic E-state index is 0.107. The van der Waals surface area contributed by atoms with Crippen molar-refractivity contribution in [2.75, 3.05) is 10.2 Å². The molecular weight excluding hydrogens is 492 g/mol. The molecule has 8 nitrogen and oxygen atoms in total. The fraction of sp³-hybridized carbons (Fsp3) is 0.357. The van der Waals surface area contributed by atoms with Gasteiger partial charge in [-0.2, -0.15) is 0 Å². The third kappa shape index (κ3) is 7.43. The average molecular weight is 525 g/mol. The monoisotopic (exact) mass is 524 g/mol. The summed E-state index contributed by atoms with van der Waals surface area (Å²) < 4.78 is 4.97. The lowest BCUT2D eigenvalue weighted by molar-refractivity contribution is -0.128. The van der Waals surface area contributed by atoms with Gasteiger partial charge in [-0.3, -0.25) is 19.3 Å². The molecule has 1 atom stereocenters. The lowest BCUT2D eigenvalue weighted by atomic mass is 9.97. The first-order valence-corrected chi connectivity index (χ1v) is 12.6. The summed E-state index contributed by atoms with van der Waals surface area (Å²) in [4.78, 5) is 41.5. The van der Waals surface area contributed by atoms with Crippen LogP contribution in [0.15, 0.2) is 59.1 Å². The van der Waals surface area contributed by atoms with Crippen LogP contribution in [-0.2, 0) is 14.4 Å². The maximum absolute atomic E-state index is 13.8. The van der Waals surface area contributed by atoms with Crippen molar-refractivity contribution in [2.24, 2.45) is 0 Å². The van der Waals surface area contributed by atoms with Gasteiger partial charge in [-0.15, -0.1) is 0 Å². The Balaban J connectivity index is 1.97.